The van der Waals surface area contributed by atoms with Crippen LogP contribution in [0.25, 0.3) is 0 Å². The van der Waals surface area contributed by atoms with Crippen LogP contribution in [0.4, 0.5) is 0 Å². The Kier molecular flexibility index (Phi) is 5.74. The van der Waals surface area contributed by atoms with E-state index in [2.05, 4.69) is 46.5 Å². The second-order valence-corrected chi connectivity index (χ2v) is 10.2. The molecule has 0 aliphatic heterocycles. The molecule has 0 atom stereocenters. The fourth-order valence-corrected chi connectivity index (χ4v) is 3.49. The van der Waals surface area contributed by atoms with Gasteiger partial charge in [0.15, 0.2) is 0 Å². The Bertz CT molecular complexity index is 1050. The van der Waals surface area contributed by atoms with Gasteiger partial charge in [-0.3, -0.25) is 9.97 Å². The summed E-state index contributed by atoms with van der Waals surface area (Å²) < 4.78 is 0. The molecule has 5 heteroatoms. The van der Waals surface area contributed by atoms with E-state index >= 15 is 0 Å². The van der Waals surface area contributed by atoms with Crippen molar-refractivity contribution >= 4 is 5.97 Å². The summed E-state index contributed by atoms with van der Waals surface area (Å²) in [7, 11) is 0. The van der Waals surface area contributed by atoms with E-state index in [4.69, 9.17) is 9.97 Å². The minimum absolute atomic E-state index is 0.00248. The third kappa shape index (κ3) is 4.50. The van der Waals surface area contributed by atoms with Gasteiger partial charge in [0.1, 0.15) is 5.69 Å². The van der Waals surface area contributed by atoms with Gasteiger partial charge in [-0.2, -0.15) is 0 Å². The van der Waals surface area contributed by atoms with Crippen LogP contribution in [0.2, 0.25) is 0 Å². The van der Waals surface area contributed by atoms with Crippen molar-refractivity contribution in [1.82, 2.24) is 15.0 Å². The molecule has 0 saturated carbocycles. The zero-order valence-electron chi connectivity index (χ0n) is 19.4. The number of aromatic carboxylic acids is 1. The topological polar surface area (TPSA) is 76.0 Å². The Morgan fingerprint density at radius 1 is 0.613 bits per heavy atom. The molecule has 0 bridgehead atoms. The fourth-order valence-electron chi connectivity index (χ4n) is 3.49. The van der Waals surface area contributed by atoms with Gasteiger partial charge in [-0.15, -0.1) is 0 Å². The molecule has 5 nitrogen and oxygen atoms in total. The largest absolute Gasteiger partial charge is 0.477 e. The highest BCUT2D eigenvalue weighted by atomic mass is 16.4. The summed E-state index contributed by atoms with van der Waals surface area (Å²) >= 11 is 0. The molecule has 0 saturated heterocycles. The van der Waals surface area contributed by atoms with E-state index in [1.807, 2.05) is 49.4 Å². The quantitative estimate of drug-likeness (QED) is 0.605. The standard InChI is InChI=1S/C26H31N3O2/c1-24(2,3)18-12-9-15-21(28-18)26(7,20-14-8-11-17(27-20)23(30)31)22-16-10-13-19(29-22)25(4,5)6/h8-16H,1-7H3,(H,30,31). The van der Waals surface area contributed by atoms with Crippen LogP contribution in [0.15, 0.2) is 54.6 Å². The third-order valence-electron chi connectivity index (χ3n) is 5.54. The van der Waals surface area contributed by atoms with E-state index in [0.29, 0.717) is 5.69 Å². The van der Waals surface area contributed by atoms with E-state index in [0.717, 1.165) is 22.8 Å². The Balaban J connectivity index is 2.33. The van der Waals surface area contributed by atoms with Crippen LogP contribution in [-0.4, -0.2) is 26.0 Å². The van der Waals surface area contributed by atoms with Gasteiger partial charge in [-0.25, -0.2) is 9.78 Å². The van der Waals surface area contributed by atoms with Crippen LogP contribution >= 0.6 is 0 Å². The van der Waals surface area contributed by atoms with Crippen molar-refractivity contribution in [2.45, 2.75) is 64.7 Å². The number of aromatic nitrogens is 3. The molecule has 0 amide bonds. The number of carbonyl (C=O) groups is 1. The number of nitrogens with zero attached hydrogens (tertiary/aromatic N) is 3. The molecule has 3 aromatic rings. The van der Waals surface area contributed by atoms with E-state index in [1.54, 1.807) is 6.07 Å². The van der Waals surface area contributed by atoms with Crippen molar-refractivity contribution < 1.29 is 9.90 Å². The van der Waals surface area contributed by atoms with Crippen LogP contribution in [-0.2, 0) is 16.2 Å². The van der Waals surface area contributed by atoms with Gasteiger partial charge >= 0.3 is 5.97 Å². The van der Waals surface area contributed by atoms with Crippen molar-refractivity contribution in [3.63, 3.8) is 0 Å². The first-order chi connectivity index (χ1) is 14.3. The SMILES string of the molecule is CC(C)(C)c1cccc(C(C)(c2cccc(C(=O)O)n2)c2cccc(C(C)(C)C)n2)n1. The second kappa shape index (κ2) is 7.88. The molecular formula is C26H31N3O2. The lowest BCUT2D eigenvalue weighted by Crippen LogP contribution is -2.32. The summed E-state index contributed by atoms with van der Waals surface area (Å²) in [6, 6.07) is 17.0. The van der Waals surface area contributed by atoms with Crippen molar-refractivity contribution in [3.8, 4) is 0 Å². The Hall–Kier alpha value is -3.08. The van der Waals surface area contributed by atoms with E-state index in [9.17, 15) is 9.90 Å². The maximum atomic E-state index is 11.6. The third-order valence-corrected chi connectivity index (χ3v) is 5.54. The van der Waals surface area contributed by atoms with Gasteiger partial charge in [0.2, 0.25) is 0 Å². The molecular weight excluding hydrogens is 386 g/mol. The molecule has 0 aromatic carbocycles. The molecule has 0 radical (unpaired) electrons. The first kappa shape index (κ1) is 22.6. The van der Waals surface area contributed by atoms with Crippen LogP contribution in [0.1, 0.15) is 87.4 Å². The molecule has 1 N–H and O–H groups in total. The number of hydrogen-bond donors (Lipinski definition) is 1. The minimum Gasteiger partial charge on any atom is -0.477 e. The summed E-state index contributed by atoms with van der Waals surface area (Å²) in [5, 5.41) is 9.52. The van der Waals surface area contributed by atoms with E-state index in [-0.39, 0.29) is 16.5 Å². The molecule has 0 unspecified atom stereocenters. The molecule has 0 aliphatic carbocycles. The van der Waals surface area contributed by atoms with Gasteiger partial charge in [-0.05, 0) is 43.3 Å². The normalized spacial score (nSPS) is 12.6. The highest BCUT2D eigenvalue weighted by molar-refractivity contribution is 5.85. The Morgan fingerprint density at radius 2 is 0.968 bits per heavy atom. The predicted molar refractivity (Wildman–Crippen MR) is 123 cm³/mol. The minimum atomic E-state index is -1.06. The molecule has 3 heterocycles. The summed E-state index contributed by atoms with van der Waals surface area (Å²) in [6.45, 7) is 14.8. The van der Waals surface area contributed by atoms with Crippen LogP contribution in [0, 0.1) is 0 Å². The molecule has 3 rings (SSSR count). The maximum Gasteiger partial charge on any atom is 0.354 e. The Morgan fingerprint density at radius 3 is 1.35 bits per heavy atom. The number of carboxylic acids is 1. The van der Waals surface area contributed by atoms with Gasteiger partial charge in [0.05, 0.1) is 22.5 Å². The number of carboxylic acid groups (broad SMARTS) is 1. The average Bonchev–Trinajstić information content (AvgIpc) is 2.72. The van der Waals surface area contributed by atoms with Crippen molar-refractivity contribution in [1.29, 1.82) is 0 Å². The van der Waals surface area contributed by atoms with Gasteiger partial charge < -0.3 is 5.11 Å². The van der Waals surface area contributed by atoms with Crippen LogP contribution in [0.3, 0.4) is 0 Å². The van der Waals surface area contributed by atoms with Crippen LogP contribution < -0.4 is 0 Å². The highest BCUT2D eigenvalue weighted by Crippen LogP contribution is 2.37. The molecule has 0 fully saturated rings. The summed E-state index contributed by atoms with van der Waals surface area (Å²) in [5.41, 5.74) is 3.00. The van der Waals surface area contributed by atoms with Crippen molar-refractivity contribution in [2.24, 2.45) is 0 Å². The smallest absolute Gasteiger partial charge is 0.354 e. The highest BCUT2D eigenvalue weighted by Gasteiger charge is 2.37. The fraction of sp³-hybridized carbons (Fsp3) is 0.385. The van der Waals surface area contributed by atoms with E-state index < -0.39 is 11.4 Å². The molecule has 162 valence electrons. The molecule has 0 aliphatic rings. The van der Waals surface area contributed by atoms with Gasteiger partial charge in [0, 0.05) is 22.2 Å². The number of pyridine rings is 3. The monoisotopic (exact) mass is 417 g/mol. The van der Waals surface area contributed by atoms with Crippen molar-refractivity contribution in [2.75, 3.05) is 0 Å². The maximum absolute atomic E-state index is 11.6. The summed E-state index contributed by atoms with van der Waals surface area (Å²) in [5.74, 6) is -1.06. The van der Waals surface area contributed by atoms with Crippen LogP contribution in [0.5, 0.6) is 0 Å². The summed E-state index contributed by atoms with van der Waals surface area (Å²) in [4.78, 5) is 26.1. The Labute approximate surface area is 184 Å². The first-order valence-corrected chi connectivity index (χ1v) is 10.5. The lowest BCUT2D eigenvalue weighted by molar-refractivity contribution is 0.0690. The lowest BCUT2D eigenvalue weighted by atomic mass is 9.77. The average molecular weight is 418 g/mol. The molecule has 0 spiro atoms. The number of rotatable bonds is 4. The summed E-state index contributed by atoms with van der Waals surface area (Å²) in [6.07, 6.45) is 0. The van der Waals surface area contributed by atoms with Crippen molar-refractivity contribution in [3.05, 3.63) is 88.8 Å². The molecule has 31 heavy (non-hydrogen) atoms. The van der Waals surface area contributed by atoms with E-state index in [1.165, 1.54) is 6.07 Å². The zero-order valence-corrected chi connectivity index (χ0v) is 19.4. The lowest BCUT2D eigenvalue weighted by Gasteiger charge is -2.31. The number of hydrogen-bond acceptors (Lipinski definition) is 4. The van der Waals surface area contributed by atoms with Gasteiger partial charge in [-0.1, -0.05) is 59.7 Å². The second-order valence-electron chi connectivity index (χ2n) is 10.2. The zero-order chi connectivity index (χ0) is 23.0. The van der Waals surface area contributed by atoms with Gasteiger partial charge in [0.25, 0.3) is 0 Å². The first-order valence-electron chi connectivity index (χ1n) is 10.5. The predicted octanol–water partition coefficient (Wildman–Crippen LogP) is 5.52. The molecule has 3 aromatic heterocycles.